The molecule has 1 heterocycles. The molecule has 5 aliphatic rings. The second-order valence-electron chi connectivity index (χ2n) is 9.22. The normalized spacial score (nSPS) is 39.0. The van der Waals surface area contributed by atoms with Crippen LogP contribution in [0.5, 0.6) is 0 Å². The van der Waals surface area contributed by atoms with Crippen molar-refractivity contribution in [2.45, 2.75) is 57.4 Å². The van der Waals surface area contributed by atoms with E-state index in [0.29, 0.717) is 12.5 Å². The Morgan fingerprint density at radius 2 is 1.72 bits per heavy atom. The molecular formula is C20H33N3O2. The summed E-state index contributed by atoms with van der Waals surface area (Å²) in [7, 11) is 3.77. The minimum Gasteiger partial charge on any atom is -0.343 e. The van der Waals surface area contributed by atoms with Gasteiger partial charge in [-0.05, 0) is 76.2 Å². The first-order valence-electron chi connectivity index (χ1n) is 10.2. The quantitative estimate of drug-likeness (QED) is 0.826. The fourth-order valence-corrected chi connectivity index (χ4v) is 6.59. The minimum atomic E-state index is -0.220. The van der Waals surface area contributed by atoms with E-state index in [4.69, 9.17) is 0 Å². The fraction of sp³-hybridized carbons (Fsp3) is 0.900. The van der Waals surface area contributed by atoms with E-state index in [1.807, 2.05) is 19.0 Å². The molecule has 2 amide bonds. The Balaban J connectivity index is 1.48. The van der Waals surface area contributed by atoms with Crippen molar-refractivity contribution in [1.29, 1.82) is 0 Å². The van der Waals surface area contributed by atoms with Crippen LogP contribution in [0, 0.1) is 23.2 Å². The van der Waals surface area contributed by atoms with Gasteiger partial charge in [0.25, 0.3) is 0 Å². The maximum absolute atomic E-state index is 13.6. The summed E-state index contributed by atoms with van der Waals surface area (Å²) in [4.78, 5) is 30.3. The number of likely N-dealkylation sites (tertiary alicyclic amines) is 1. The Labute approximate surface area is 151 Å². The molecule has 4 bridgehead atoms. The van der Waals surface area contributed by atoms with Crippen molar-refractivity contribution in [3.05, 3.63) is 0 Å². The molecule has 5 nitrogen and oxygen atoms in total. The van der Waals surface area contributed by atoms with Crippen molar-refractivity contribution in [3.63, 3.8) is 0 Å². The summed E-state index contributed by atoms with van der Waals surface area (Å²) in [5, 5.41) is 3.09. The molecule has 0 aromatic heterocycles. The molecule has 1 saturated heterocycles. The van der Waals surface area contributed by atoms with Crippen molar-refractivity contribution in [2.75, 3.05) is 33.7 Å². The third-order valence-corrected chi connectivity index (χ3v) is 7.36. The van der Waals surface area contributed by atoms with Crippen molar-refractivity contribution >= 4 is 11.8 Å². The Morgan fingerprint density at radius 3 is 2.28 bits per heavy atom. The van der Waals surface area contributed by atoms with E-state index in [1.165, 1.54) is 19.3 Å². The largest absolute Gasteiger partial charge is 0.343 e. The van der Waals surface area contributed by atoms with Crippen molar-refractivity contribution in [3.8, 4) is 0 Å². The first kappa shape index (κ1) is 17.3. The van der Waals surface area contributed by atoms with E-state index in [2.05, 4.69) is 5.32 Å². The first-order valence-corrected chi connectivity index (χ1v) is 10.2. The average molecular weight is 348 g/mol. The predicted octanol–water partition coefficient (Wildman–Crippen LogP) is 1.87. The van der Waals surface area contributed by atoms with E-state index in [-0.39, 0.29) is 17.4 Å². The molecule has 0 aromatic carbocycles. The van der Waals surface area contributed by atoms with Gasteiger partial charge in [-0.25, -0.2) is 0 Å². The van der Waals surface area contributed by atoms with E-state index >= 15 is 0 Å². The van der Waals surface area contributed by atoms with Gasteiger partial charge < -0.3 is 15.1 Å². The summed E-state index contributed by atoms with van der Waals surface area (Å²) in [6, 6.07) is -0.220. The van der Waals surface area contributed by atoms with Crippen LogP contribution >= 0.6 is 0 Å². The topological polar surface area (TPSA) is 52.7 Å². The van der Waals surface area contributed by atoms with Crippen LogP contribution in [-0.2, 0) is 9.59 Å². The van der Waals surface area contributed by atoms with Crippen LogP contribution in [0.1, 0.15) is 51.4 Å². The summed E-state index contributed by atoms with van der Waals surface area (Å²) in [6.45, 7) is 2.26. The van der Waals surface area contributed by atoms with Gasteiger partial charge in [-0.2, -0.15) is 0 Å². The maximum Gasteiger partial charge on any atom is 0.245 e. The number of rotatable bonds is 5. The van der Waals surface area contributed by atoms with E-state index in [0.717, 1.165) is 62.9 Å². The smallest absolute Gasteiger partial charge is 0.245 e. The zero-order valence-electron chi connectivity index (χ0n) is 15.8. The highest BCUT2D eigenvalue weighted by atomic mass is 16.2. The molecule has 1 atom stereocenters. The molecule has 1 N–H and O–H groups in total. The van der Waals surface area contributed by atoms with Gasteiger partial charge in [0.15, 0.2) is 0 Å². The van der Waals surface area contributed by atoms with Gasteiger partial charge >= 0.3 is 0 Å². The monoisotopic (exact) mass is 347 g/mol. The third kappa shape index (κ3) is 2.98. The van der Waals surface area contributed by atoms with Crippen LogP contribution in [0.25, 0.3) is 0 Å². The highest BCUT2D eigenvalue weighted by molar-refractivity contribution is 5.91. The lowest BCUT2D eigenvalue weighted by Crippen LogP contribution is -2.57. The number of nitrogens with one attached hydrogen (secondary N) is 1. The Kier molecular flexibility index (Phi) is 4.55. The van der Waals surface area contributed by atoms with Gasteiger partial charge in [-0.15, -0.1) is 0 Å². The molecule has 1 aliphatic heterocycles. The van der Waals surface area contributed by atoms with Gasteiger partial charge in [-0.1, -0.05) is 0 Å². The van der Waals surface area contributed by atoms with E-state index in [1.54, 1.807) is 4.90 Å². The SMILES string of the molecule is CNCCN(C)C(=O)C1CCCN1C(=O)C12CC3CC(CC(C3)C1)C2. The number of carbonyl (C=O) groups is 2. The molecule has 4 aliphatic carbocycles. The molecule has 4 saturated carbocycles. The number of nitrogens with zero attached hydrogens (tertiary/aromatic N) is 2. The summed E-state index contributed by atoms with van der Waals surface area (Å²) < 4.78 is 0. The Bertz CT molecular complexity index is 512. The number of hydrogen-bond donors (Lipinski definition) is 1. The Morgan fingerprint density at radius 1 is 1.12 bits per heavy atom. The molecule has 0 radical (unpaired) electrons. The first-order chi connectivity index (χ1) is 12.0. The number of carbonyl (C=O) groups excluding carboxylic acids is 2. The molecule has 0 aromatic rings. The van der Waals surface area contributed by atoms with Crippen LogP contribution in [-0.4, -0.2) is 61.4 Å². The highest BCUT2D eigenvalue weighted by Crippen LogP contribution is 2.60. The van der Waals surface area contributed by atoms with Gasteiger partial charge in [0.2, 0.25) is 11.8 Å². The van der Waals surface area contributed by atoms with Crippen LogP contribution in [0.15, 0.2) is 0 Å². The molecule has 0 spiro atoms. The Hall–Kier alpha value is -1.10. The molecule has 5 fully saturated rings. The summed E-state index contributed by atoms with van der Waals surface area (Å²) in [5.74, 6) is 2.76. The zero-order valence-corrected chi connectivity index (χ0v) is 15.8. The van der Waals surface area contributed by atoms with Gasteiger partial charge in [0.1, 0.15) is 6.04 Å². The standard InChI is InChI=1S/C20H33N3O2/c1-21-5-7-22(2)18(24)17-4-3-6-23(17)19(25)20-11-14-8-15(12-20)10-16(9-14)13-20/h14-17,21H,3-13H2,1-2H3. The van der Waals surface area contributed by atoms with Crippen molar-refractivity contribution in [2.24, 2.45) is 23.2 Å². The van der Waals surface area contributed by atoms with Gasteiger partial charge in [0, 0.05) is 26.7 Å². The van der Waals surface area contributed by atoms with Crippen LogP contribution in [0.3, 0.4) is 0 Å². The van der Waals surface area contributed by atoms with Crippen LogP contribution in [0.4, 0.5) is 0 Å². The van der Waals surface area contributed by atoms with E-state index < -0.39 is 0 Å². The molecule has 140 valence electrons. The average Bonchev–Trinajstić information content (AvgIpc) is 3.06. The summed E-state index contributed by atoms with van der Waals surface area (Å²) in [6.07, 6.45) is 9.11. The maximum atomic E-state index is 13.6. The van der Waals surface area contributed by atoms with Gasteiger partial charge in [-0.3, -0.25) is 9.59 Å². The molecule has 5 heteroatoms. The summed E-state index contributed by atoms with van der Waals surface area (Å²) in [5.41, 5.74) is -0.124. The van der Waals surface area contributed by atoms with Crippen molar-refractivity contribution < 1.29 is 9.59 Å². The van der Waals surface area contributed by atoms with Gasteiger partial charge in [0.05, 0.1) is 5.41 Å². The van der Waals surface area contributed by atoms with E-state index in [9.17, 15) is 9.59 Å². The number of likely N-dealkylation sites (N-methyl/N-ethyl adjacent to an activating group) is 2. The van der Waals surface area contributed by atoms with Crippen molar-refractivity contribution in [1.82, 2.24) is 15.1 Å². The lowest BCUT2D eigenvalue weighted by atomic mass is 9.49. The lowest BCUT2D eigenvalue weighted by Gasteiger charge is -2.56. The van der Waals surface area contributed by atoms with Crippen LogP contribution in [0.2, 0.25) is 0 Å². The fourth-order valence-electron chi connectivity index (χ4n) is 6.59. The summed E-state index contributed by atoms with van der Waals surface area (Å²) >= 11 is 0. The lowest BCUT2D eigenvalue weighted by molar-refractivity contribution is -0.161. The predicted molar refractivity (Wildman–Crippen MR) is 96.9 cm³/mol. The highest BCUT2D eigenvalue weighted by Gasteiger charge is 2.56. The molecule has 1 unspecified atom stereocenters. The number of hydrogen-bond acceptors (Lipinski definition) is 3. The second kappa shape index (κ2) is 6.57. The minimum absolute atomic E-state index is 0.124. The zero-order chi connectivity index (χ0) is 17.6. The molecule has 25 heavy (non-hydrogen) atoms. The second-order valence-corrected chi connectivity index (χ2v) is 9.22. The number of amides is 2. The van der Waals surface area contributed by atoms with Crippen LogP contribution < -0.4 is 5.32 Å². The third-order valence-electron chi connectivity index (χ3n) is 7.36. The molecule has 5 rings (SSSR count). The molecular weight excluding hydrogens is 314 g/mol.